The molecule has 1 aromatic carbocycles. The molecule has 3 aromatic rings. The number of rotatable bonds is 3. The van der Waals surface area contributed by atoms with Crippen molar-refractivity contribution in [2.45, 2.75) is 12.2 Å². The van der Waals surface area contributed by atoms with E-state index in [0.717, 1.165) is 0 Å². The summed E-state index contributed by atoms with van der Waals surface area (Å²) in [7, 11) is 1.49. The molecule has 0 bridgehead atoms. The second kappa shape index (κ2) is 6.87. The highest BCUT2D eigenvalue weighted by atomic mass is 35.5. The van der Waals surface area contributed by atoms with Crippen LogP contribution in [0.1, 0.15) is 17.4 Å². The molecular weight excluding hydrogens is 393 g/mol. The van der Waals surface area contributed by atoms with Crippen LogP contribution in [-0.2, 0) is 6.18 Å². The molecule has 4 rings (SSSR count). The monoisotopic (exact) mass is 406 g/mol. The summed E-state index contributed by atoms with van der Waals surface area (Å²) in [5, 5.41) is 0.351. The second-order valence-electron chi connectivity index (χ2n) is 6.04. The van der Waals surface area contributed by atoms with Crippen molar-refractivity contribution in [2.75, 3.05) is 12.0 Å². The van der Waals surface area contributed by atoms with E-state index in [0.29, 0.717) is 16.5 Å². The summed E-state index contributed by atoms with van der Waals surface area (Å²) in [5.41, 5.74) is -0.170. The highest BCUT2D eigenvalue weighted by Gasteiger charge is 2.41. The molecule has 0 spiro atoms. The zero-order valence-electron chi connectivity index (χ0n) is 14.6. The molecule has 1 aliphatic heterocycles. The summed E-state index contributed by atoms with van der Waals surface area (Å²) in [5.74, 6) is 0.474. The first-order valence-corrected chi connectivity index (χ1v) is 8.64. The Balaban J connectivity index is 1.89. The van der Waals surface area contributed by atoms with Crippen molar-refractivity contribution >= 4 is 29.2 Å². The van der Waals surface area contributed by atoms with Crippen LogP contribution in [0.3, 0.4) is 0 Å². The van der Waals surface area contributed by atoms with Crippen LogP contribution in [0.25, 0.3) is 5.65 Å². The van der Waals surface area contributed by atoms with Gasteiger partial charge < -0.3 is 14.0 Å². The first-order chi connectivity index (χ1) is 13.4. The van der Waals surface area contributed by atoms with E-state index < -0.39 is 17.9 Å². The summed E-state index contributed by atoms with van der Waals surface area (Å²) in [6.07, 6.45) is 1.50. The van der Waals surface area contributed by atoms with Crippen molar-refractivity contribution in [1.82, 2.24) is 9.38 Å². The van der Waals surface area contributed by atoms with Gasteiger partial charge in [0.1, 0.15) is 17.4 Å². The third kappa shape index (κ3) is 3.09. The molecule has 2 aromatic heterocycles. The Morgan fingerprint density at radius 2 is 2.00 bits per heavy atom. The third-order valence-electron chi connectivity index (χ3n) is 4.39. The lowest BCUT2D eigenvalue weighted by Gasteiger charge is -2.30. The standard InChI is InChI=1S/C19H14ClF3N4O/c1-28-15-6-5-12(10-13(15)20)26-9-7-24-11-14(26)17-18(19(21,22)23)25-16-4-2-3-8-27(16)17/h2-11,14H,1H3. The van der Waals surface area contributed by atoms with Gasteiger partial charge in [0, 0.05) is 30.5 Å². The van der Waals surface area contributed by atoms with Crippen LogP contribution in [0.4, 0.5) is 18.9 Å². The van der Waals surface area contributed by atoms with E-state index in [1.165, 1.54) is 30.0 Å². The highest BCUT2D eigenvalue weighted by molar-refractivity contribution is 6.32. The number of halogens is 4. The summed E-state index contributed by atoms with van der Waals surface area (Å²) >= 11 is 6.21. The number of hydrogen-bond donors (Lipinski definition) is 0. The van der Waals surface area contributed by atoms with Crippen molar-refractivity contribution in [3.05, 3.63) is 71.4 Å². The van der Waals surface area contributed by atoms with Crippen molar-refractivity contribution in [1.29, 1.82) is 0 Å². The fourth-order valence-electron chi connectivity index (χ4n) is 3.18. The molecular formula is C19H14ClF3N4O. The molecule has 1 aliphatic rings. The summed E-state index contributed by atoms with van der Waals surface area (Å²) in [6.45, 7) is 0. The molecule has 0 aliphatic carbocycles. The Labute approximate surface area is 163 Å². The average molecular weight is 407 g/mol. The van der Waals surface area contributed by atoms with Gasteiger partial charge in [-0.1, -0.05) is 17.7 Å². The Morgan fingerprint density at radius 3 is 2.71 bits per heavy atom. The second-order valence-corrected chi connectivity index (χ2v) is 6.45. The van der Waals surface area contributed by atoms with Gasteiger partial charge >= 0.3 is 6.18 Å². The average Bonchev–Trinajstić information content (AvgIpc) is 3.08. The minimum absolute atomic E-state index is 0.0249. The molecule has 28 heavy (non-hydrogen) atoms. The first kappa shape index (κ1) is 18.4. The van der Waals surface area contributed by atoms with E-state index >= 15 is 0 Å². The van der Waals surface area contributed by atoms with Crippen LogP contribution in [-0.4, -0.2) is 22.7 Å². The summed E-state index contributed by atoms with van der Waals surface area (Å²) in [4.78, 5) is 9.53. The maximum Gasteiger partial charge on any atom is 0.435 e. The van der Waals surface area contributed by atoms with Gasteiger partial charge in [-0.3, -0.25) is 4.99 Å². The van der Waals surface area contributed by atoms with Crippen LogP contribution in [0.5, 0.6) is 5.75 Å². The van der Waals surface area contributed by atoms with Gasteiger partial charge in [0.15, 0.2) is 5.69 Å². The van der Waals surface area contributed by atoms with E-state index in [-0.39, 0.29) is 11.3 Å². The molecule has 0 fully saturated rings. The number of hydrogen-bond acceptors (Lipinski definition) is 4. The molecule has 0 radical (unpaired) electrons. The maximum absolute atomic E-state index is 13.7. The molecule has 3 heterocycles. The van der Waals surface area contributed by atoms with Gasteiger partial charge in [-0.05, 0) is 30.3 Å². The van der Waals surface area contributed by atoms with Crippen molar-refractivity contribution in [3.8, 4) is 5.75 Å². The molecule has 0 amide bonds. The van der Waals surface area contributed by atoms with Crippen molar-refractivity contribution in [2.24, 2.45) is 4.99 Å². The highest BCUT2D eigenvalue weighted by Crippen LogP contribution is 2.39. The SMILES string of the molecule is COc1ccc(N2C=CN=CC2c2c(C(F)(F)F)nc3ccccn23)cc1Cl. The van der Waals surface area contributed by atoms with Crippen LogP contribution in [0, 0.1) is 0 Å². The quantitative estimate of drug-likeness (QED) is 0.606. The van der Waals surface area contributed by atoms with Gasteiger partial charge in [-0.15, -0.1) is 0 Å². The van der Waals surface area contributed by atoms with Crippen LogP contribution in [0.15, 0.2) is 60.0 Å². The predicted octanol–water partition coefficient (Wildman–Crippen LogP) is 5.12. The molecule has 9 heteroatoms. The minimum Gasteiger partial charge on any atom is -0.495 e. The molecule has 0 N–H and O–H groups in total. The number of pyridine rings is 1. The van der Waals surface area contributed by atoms with E-state index in [1.54, 1.807) is 47.6 Å². The molecule has 0 saturated heterocycles. The maximum atomic E-state index is 13.7. The zero-order chi connectivity index (χ0) is 19.9. The fraction of sp³-hybridized carbons (Fsp3) is 0.158. The van der Waals surface area contributed by atoms with Crippen LogP contribution >= 0.6 is 11.6 Å². The van der Waals surface area contributed by atoms with E-state index in [2.05, 4.69) is 9.98 Å². The largest absolute Gasteiger partial charge is 0.495 e. The number of aromatic nitrogens is 2. The smallest absolute Gasteiger partial charge is 0.435 e. The predicted molar refractivity (Wildman–Crippen MR) is 101 cm³/mol. The number of fused-ring (bicyclic) bond motifs is 1. The van der Waals surface area contributed by atoms with Gasteiger partial charge in [0.05, 0.1) is 17.8 Å². The fourth-order valence-corrected chi connectivity index (χ4v) is 3.43. The molecule has 1 unspecified atom stereocenters. The number of alkyl halides is 3. The number of anilines is 1. The normalized spacial score (nSPS) is 16.8. The number of nitrogens with zero attached hydrogens (tertiary/aromatic N) is 4. The van der Waals surface area contributed by atoms with E-state index in [4.69, 9.17) is 16.3 Å². The summed E-state index contributed by atoms with van der Waals surface area (Å²) < 4.78 is 47.8. The van der Waals surface area contributed by atoms with Crippen LogP contribution in [0.2, 0.25) is 5.02 Å². The third-order valence-corrected chi connectivity index (χ3v) is 4.68. The van der Waals surface area contributed by atoms with E-state index in [9.17, 15) is 13.2 Å². The Bertz CT molecular complexity index is 1090. The van der Waals surface area contributed by atoms with Gasteiger partial charge in [0.25, 0.3) is 0 Å². The number of ether oxygens (including phenoxy) is 1. The summed E-state index contributed by atoms with van der Waals surface area (Å²) in [6, 6.07) is 9.01. The molecule has 144 valence electrons. The number of aliphatic imine (C=N–C) groups is 1. The van der Waals surface area contributed by atoms with Crippen molar-refractivity contribution < 1.29 is 17.9 Å². The Morgan fingerprint density at radius 1 is 1.18 bits per heavy atom. The zero-order valence-corrected chi connectivity index (χ0v) is 15.3. The molecule has 1 atom stereocenters. The lowest BCUT2D eigenvalue weighted by atomic mass is 10.1. The lowest BCUT2D eigenvalue weighted by Crippen LogP contribution is -2.29. The Hall–Kier alpha value is -3.00. The number of benzene rings is 1. The number of methoxy groups -OCH3 is 1. The minimum atomic E-state index is -4.61. The van der Waals surface area contributed by atoms with E-state index in [1.807, 2.05) is 0 Å². The lowest BCUT2D eigenvalue weighted by molar-refractivity contribution is -0.141. The molecule has 5 nitrogen and oxygen atoms in total. The topological polar surface area (TPSA) is 42.1 Å². The Kier molecular flexibility index (Phi) is 4.50. The van der Waals surface area contributed by atoms with Gasteiger partial charge in [-0.2, -0.15) is 13.2 Å². The molecule has 0 saturated carbocycles. The van der Waals surface area contributed by atoms with Gasteiger partial charge in [-0.25, -0.2) is 4.98 Å². The van der Waals surface area contributed by atoms with Gasteiger partial charge in [0.2, 0.25) is 0 Å². The first-order valence-electron chi connectivity index (χ1n) is 8.26. The van der Waals surface area contributed by atoms with Crippen LogP contribution < -0.4 is 9.64 Å². The van der Waals surface area contributed by atoms with Crippen molar-refractivity contribution in [3.63, 3.8) is 0 Å². The number of imidazole rings is 1.